The molecule has 8 nitrogen and oxygen atoms in total. The van der Waals surface area contributed by atoms with Crippen LogP contribution in [0.15, 0.2) is 83.0 Å². The molecule has 9 heteroatoms. The number of hydrogen-bond acceptors (Lipinski definition) is 4. The number of nitrogens with zero attached hydrogens (tertiary/aromatic N) is 2. The van der Waals surface area contributed by atoms with Crippen molar-refractivity contribution < 1.29 is 14.7 Å². The summed E-state index contributed by atoms with van der Waals surface area (Å²) in [5.74, 6) is -0.745. The number of carbonyl (C=O) groups excluding carboxylic acids is 2. The number of benzene rings is 3. The third-order valence-electron chi connectivity index (χ3n) is 4.39. The molecule has 0 aliphatic carbocycles. The van der Waals surface area contributed by atoms with E-state index in [4.69, 9.17) is 11.6 Å². The van der Waals surface area contributed by atoms with Crippen LogP contribution in [0.2, 0.25) is 5.02 Å². The van der Waals surface area contributed by atoms with Gasteiger partial charge in [0.25, 0.3) is 5.91 Å². The highest BCUT2D eigenvalue weighted by Gasteiger charge is 2.11. The van der Waals surface area contributed by atoms with Crippen LogP contribution in [0.1, 0.15) is 10.4 Å². The molecule has 0 unspecified atom stereocenters. The zero-order valence-electron chi connectivity index (χ0n) is 16.0. The molecule has 0 aliphatic rings. The average Bonchev–Trinajstić information content (AvgIpc) is 3.09. The molecule has 0 spiro atoms. The van der Waals surface area contributed by atoms with E-state index in [0.717, 1.165) is 0 Å². The Morgan fingerprint density at radius 2 is 1.48 bits per heavy atom. The van der Waals surface area contributed by atoms with Crippen LogP contribution in [-0.4, -0.2) is 22.0 Å². The fourth-order valence-electron chi connectivity index (χ4n) is 2.89. The molecule has 3 aromatic carbocycles. The van der Waals surface area contributed by atoms with E-state index >= 15 is 0 Å². The Kier molecular flexibility index (Phi) is 5.63. The van der Waals surface area contributed by atoms with Crippen molar-refractivity contribution in [3.8, 4) is 5.88 Å². The average molecular weight is 434 g/mol. The fourth-order valence-corrected chi connectivity index (χ4v) is 3.02. The maximum atomic E-state index is 12.3. The summed E-state index contributed by atoms with van der Waals surface area (Å²) >= 11 is 5.82. The lowest BCUT2D eigenvalue weighted by Crippen LogP contribution is -2.19. The molecule has 0 radical (unpaired) electrons. The van der Waals surface area contributed by atoms with Crippen molar-refractivity contribution in [2.24, 2.45) is 10.2 Å². The molecule has 1 aromatic heterocycles. The molecule has 0 fully saturated rings. The maximum absolute atomic E-state index is 12.3. The largest absolute Gasteiger partial charge is 0.493 e. The number of aromatic nitrogens is 1. The van der Waals surface area contributed by atoms with Gasteiger partial charge in [-0.05, 0) is 54.6 Å². The summed E-state index contributed by atoms with van der Waals surface area (Å²) in [4.78, 5) is 27.2. The molecule has 154 valence electrons. The van der Waals surface area contributed by atoms with Crippen LogP contribution >= 0.6 is 11.6 Å². The molecule has 1 heterocycles. The Hall–Kier alpha value is -4.17. The Balaban J connectivity index is 1.41. The monoisotopic (exact) mass is 433 g/mol. The minimum atomic E-state index is -0.582. The number of amides is 3. The van der Waals surface area contributed by atoms with Crippen LogP contribution in [0.3, 0.4) is 0 Å². The lowest BCUT2D eigenvalue weighted by Gasteiger charge is -2.08. The van der Waals surface area contributed by atoms with Crippen molar-refractivity contribution in [1.82, 2.24) is 4.98 Å². The number of anilines is 2. The zero-order valence-corrected chi connectivity index (χ0v) is 16.7. The van der Waals surface area contributed by atoms with Gasteiger partial charge in [0.15, 0.2) is 5.69 Å². The molecule has 0 atom stereocenters. The molecule has 4 aromatic rings. The van der Waals surface area contributed by atoms with E-state index in [0.29, 0.717) is 27.3 Å². The third-order valence-corrected chi connectivity index (χ3v) is 4.64. The van der Waals surface area contributed by atoms with E-state index in [1.54, 1.807) is 54.6 Å². The lowest BCUT2D eigenvalue weighted by molar-refractivity contribution is 0.0995. The number of halogens is 1. The van der Waals surface area contributed by atoms with Gasteiger partial charge >= 0.3 is 6.03 Å². The number of nitrogens with one attached hydrogen (secondary N) is 3. The van der Waals surface area contributed by atoms with E-state index in [-0.39, 0.29) is 17.1 Å². The van der Waals surface area contributed by atoms with Gasteiger partial charge in [0, 0.05) is 27.3 Å². The molecular formula is C22H16ClN5O3. The van der Waals surface area contributed by atoms with Crippen molar-refractivity contribution in [1.29, 1.82) is 0 Å². The topological polar surface area (TPSA) is 119 Å². The number of urea groups is 1. The highest BCUT2D eigenvalue weighted by molar-refractivity contribution is 6.30. The molecule has 3 amide bonds. The molecular weight excluding hydrogens is 418 g/mol. The minimum absolute atomic E-state index is 0.163. The number of fused-ring (bicyclic) bond motifs is 1. The van der Waals surface area contributed by atoms with Gasteiger partial charge < -0.3 is 20.7 Å². The fraction of sp³-hybridized carbons (Fsp3) is 0. The van der Waals surface area contributed by atoms with Crippen LogP contribution < -0.4 is 10.6 Å². The summed E-state index contributed by atoms with van der Waals surface area (Å²) in [5.41, 5.74) is 2.26. The maximum Gasteiger partial charge on any atom is 0.323 e. The van der Waals surface area contributed by atoms with Crippen LogP contribution in [0.5, 0.6) is 5.88 Å². The van der Waals surface area contributed by atoms with Crippen molar-refractivity contribution in [3.05, 3.63) is 83.4 Å². The summed E-state index contributed by atoms with van der Waals surface area (Å²) in [7, 11) is 0. The number of H-pyrrole nitrogens is 1. The van der Waals surface area contributed by atoms with E-state index in [1.165, 1.54) is 12.1 Å². The lowest BCUT2D eigenvalue weighted by atomic mass is 10.2. The third kappa shape index (κ3) is 4.71. The molecule has 0 aliphatic heterocycles. The van der Waals surface area contributed by atoms with Gasteiger partial charge in [-0.3, -0.25) is 4.79 Å². The second-order valence-corrected chi connectivity index (χ2v) is 6.97. The Morgan fingerprint density at radius 3 is 2.16 bits per heavy atom. The normalized spacial score (nSPS) is 11.0. The standard InChI is InChI=1S/C22H16ClN5O3/c23-14-7-11-16(12-8-14)25-22(31)24-15-9-5-13(6-10-15)20(29)28-27-19-17-3-1-2-4-18(17)26-21(19)30/h1-12,26,30H,(H2,24,25,31). The van der Waals surface area contributed by atoms with Crippen molar-refractivity contribution in [3.63, 3.8) is 0 Å². The second-order valence-electron chi connectivity index (χ2n) is 6.54. The van der Waals surface area contributed by atoms with Gasteiger partial charge in [-0.1, -0.05) is 29.8 Å². The van der Waals surface area contributed by atoms with Crippen molar-refractivity contribution in [2.45, 2.75) is 0 Å². The van der Waals surface area contributed by atoms with Gasteiger partial charge in [0.2, 0.25) is 5.88 Å². The van der Waals surface area contributed by atoms with E-state index in [2.05, 4.69) is 25.8 Å². The second kappa shape index (κ2) is 8.68. The number of aromatic amines is 1. The van der Waals surface area contributed by atoms with Crippen molar-refractivity contribution in [2.75, 3.05) is 10.6 Å². The van der Waals surface area contributed by atoms with E-state index in [9.17, 15) is 14.7 Å². The number of carbonyl (C=O) groups is 2. The first-order valence-corrected chi connectivity index (χ1v) is 9.57. The van der Waals surface area contributed by atoms with Gasteiger partial charge in [-0.2, -0.15) is 0 Å². The first-order valence-electron chi connectivity index (χ1n) is 9.19. The Bertz CT molecular complexity index is 1280. The summed E-state index contributed by atoms with van der Waals surface area (Å²) in [5, 5.41) is 24.2. The molecule has 4 N–H and O–H groups in total. The Labute approximate surface area is 181 Å². The van der Waals surface area contributed by atoms with Gasteiger partial charge in [0.05, 0.1) is 5.52 Å². The summed E-state index contributed by atoms with van der Waals surface area (Å²) in [6.07, 6.45) is 0. The van der Waals surface area contributed by atoms with Crippen LogP contribution in [0.4, 0.5) is 21.9 Å². The van der Waals surface area contributed by atoms with E-state index < -0.39 is 11.9 Å². The number of aromatic hydroxyl groups is 1. The quantitative estimate of drug-likeness (QED) is 0.291. The predicted octanol–water partition coefficient (Wildman–Crippen LogP) is 6.10. The van der Waals surface area contributed by atoms with Gasteiger partial charge in [-0.15, -0.1) is 10.2 Å². The minimum Gasteiger partial charge on any atom is -0.493 e. The first kappa shape index (κ1) is 20.1. The Morgan fingerprint density at radius 1 is 0.871 bits per heavy atom. The predicted molar refractivity (Wildman–Crippen MR) is 119 cm³/mol. The number of azo groups is 1. The SMILES string of the molecule is O=C(Nc1ccc(Cl)cc1)Nc1ccc(C(=O)N=Nc2c(O)[nH]c3ccccc23)cc1. The zero-order chi connectivity index (χ0) is 21.8. The smallest absolute Gasteiger partial charge is 0.323 e. The van der Waals surface area contributed by atoms with Crippen LogP contribution in [0, 0.1) is 0 Å². The highest BCUT2D eigenvalue weighted by atomic mass is 35.5. The molecule has 0 saturated heterocycles. The first-order chi connectivity index (χ1) is 15.0. The number of rotatable bonds is 4. The molecule has 0 saturated carbocycles. The molecule has 31 heavy (non-hydrogen) atoms. The van der Waals surface area contributed by atoms with E-state index in [1.807, 2.05) is 6.07 Å². The summed E-state index contributed by atoms with van der Waals surface area (Å²) < 4.78 is 0. The molecule has 4 rings (SSSR count). The van der Waals surface area contributed by atoms with Crippen LogP contribution in [-0.2, 0) is 0 Å². The molecule has 0 bridgehead atoms. The van der Waals surface area contributed by atoms with Crippen LogP contribution in [0.25, 0.3) is 10.9 Å². The number of para-hydroxylation sites is 1. The van der Waals surface area contributed by atoms with Gasteiger partial charge in [0.1, 0.15) is 0 Å². The number of hydrogen-bond donors (Lipinski definition) is 4. The van der Waals surface area contributed by atoms with Crippen molar-refractivity contribution >= 4 is 51.5 Å². The highest BCUT2D eigenvalue weighted by Crippen LogP contribution is 2.35. The summed E-state index contributed by atoms with van der Waals surface area (Å²) in [6, 6.07) is 19.6. The summed E-state index contributed by atoms with van der Waals surface area (Å²) in [6.45, 7) is 0. The van der Waals surface area contributed by atoms with Gasteiger partial charge in [-0.25, -0.2) is 4.79 Å².